The van der Waals surface area contributed by atoms with Gasteiger partial charge in [-0.2, -0.15) is 0 Å². The van der Waals surface area contributed by atoms with Gasteiger partial charge >= 0.3 is 0 Å². The minimum absolute atomic E-state index is 0.226. The Morgan fingerprint density at radius 2 is 1.94 bits per heavy atom. The topological polar surface area (TPSA) is 41.5 Å². The molecule has 102 valence electrons. The third-order valence-electron chi connectivity index (χ3n) is 2.35. The Hall–Kier alpha value is -0.100. The van der Waals surface area contributed by atoms with Gasteiger partial charge in [-0.1, -0.05) is 6.92 Å². The van der Waals surface area contributed by atoms with E-state index in [1.807, 2.05) is 0 Å². The molecule has 0 aliphatic heterocycles. The van der Waals surface area contributed by atoms with Crippen LogP contribution in [0.4, 0.5) is 0 Å². The molecule has 0 fully saturated rings. The van der Waals surface area contributed by atoms with Crippen LogP contribution in [-0.4, -0.2) is 24.9 Å². The largest absolute Gasteiger partial charge is 0.491 e. The predicted molar refractivity (Wildman–Crippen MR) is 81.0 cm³/mol. The van der Waals surface area contributed by atoms with Crippen molar-refractivity contribution < 1.29 is 9.84 Å². The average Bonchev–Trinajstić information content (AvgIpc) is 2.34. The van der Waals surface area contributed by atoms with E-state index in [9.17, 15) is 0 Å². The lowest BCUT2D eigenvalue weighted by molar-refractivity contribution is 0.286. The fraction of sp³-hybridized carbons (Fsp3) is 0.538. The molecule has 18 heavy (non-hydrogen) atoms. The van der Waals surface area contributed by atoms with Crippen LogP contribution in [0.3, 0.4) is 0 Å². The van der Waals surface area contributed by atoms with Crippen molar-refractivity contribution in [2.75, 3.05) is 19.8 Å². The molecule has 1 aromatic carbocycles. The summed E-state index contributed by atoms with van der Waals surface area (Å²) < 4.78 is 7.59. The molecule has 5 heteroatoms. The third-order valence-corrected chi connectivity index (χ3v) is 3.53. The zero-order chi connectivity index (χ0) is 13.4. The van der Waals surface area contributed by atoms with Gasteiger partial charge in [0.1, 0.15) is 5.75 Å². The van der Waals surface area contributed by atoms with E-state index in [4.69, 9.17) is 9.84 Å². The van der Waals surface area contributed by atoms with Crippen LogP contribution in [0.2, 0.25) is 0 Å². The van der Waals surface area contributed by atoms with Crippen LogP contribution in [0, 0.1) is 0 Å². The fourth-order valence-electron chi connectivity index (χ4n) is 1.49. The monoisotopic (exact) mass is 379 g/mol. The van der Waals surface area contributed by atoms with E-state index in [2.05, 4.69) is 56.2 Å². The molecule has 1 aromatic rings. The first-order valence-corrected chi connectivity index (χ1v) is 7.70. The Bertz CT molecular complexity index is 349. The molecule has 2 N–H and O–H groups in total. The SMILES string of the molecule is CCCOc1c(Br)cc(CNCCCO)cc1Br. The number of aliphatic hydroxyl groups is 1. The van der Waals surface area contributed by atoms with E-state index in [1.165, 1.54) is 5.56 Å². The molecule has 0 aromatic heterocycles. The quantitative estimate of drug-likeness (QED) is 0.678. The van der Waals surface area contributed by atoms with Crippen molar-refractivity contribution in [3.63, 3.8) is 0 Å². The molecule has 0 spiro atoms. The first kappa shape index (κ1) is 16.0. The van der Waals surface area contributed by atoms with E-state index in [0.717, 1.165) is 40.6 Å². The predicted octanol–water partition coefficient (Wildman–Crippen LogP) is 3.47. The number of benzene rings is 1. The number of aliphatic hydroxyl groups excluding tert-OH is 1. The van der Waals surface area contributed by atoms with Gasteiger partial charge in [0, 0.05) is 13.2 Å². The number of rotatable bonds is 8. The minimum Gasteiger partial charge on any atom is -0.491 e. The highest BCUT2D eigenvalue weighted by molar-refractivity contribution is 9.11. The average molecular weight is 381 g/mol. The smallest absolute Gasteiger partial charge is 0.147 e. The Morgan fingerprint density at radius 3 is 2.50 bits per heavy atom. The normalized spacial score (nSPS) is 10.7. The van der Waals surface area contributed by atoms with E-state index >= 15 is 0 Å². The van der Waals surface area contributed by atoms with Crippen molar-refractivity contribution in [3.05, 3.63) is 26.6 Å². The highest BCUT2D eigenvalue weighted by Crippen LogP contribution is 2.34. The summed E-state index contributed by atoms with van der Waals surface area (Å²) in [5.41, 5.74) is 1.18. The molecule has 0 heterocycles. The van der Waals surface area contributed by atoms with Crippen molar-refractivity contribution >= 4 is 31.9 Å². The van der Waals surface area contributed by atoms with Gasteiger partial charge in [-0.15, -0.1) is 0 Å². The lowest BCUT2D eigenvalue weighted by atomic mass is 10.2. The molecule has 0 aliphatic rings. The Kier molecular flexibility index (Phi) is 7.90. The van der Waals surface area contributed by atoms with Crippen LogP contribution in [-0.2, 0) is 6.54 Å². The van der Waals surface area contributed by atoms with E-state index < -0.39 is 0 Å². The summed E-state index contributed by atoms with van der Waals surface area (Å²) >= 11 is 7.06. The summed E-state index contributed by atoms with van der Waals surface area (Å²) in [6.07, 6.45) is 1.77. The van der Waals surface area contributed by atoms with Crippen molar-refractivity contribution in [3.8, 4) is 5.75 Å². The summed E-state index contributed by atoms with van der Waals surface area (Å²) in [4.78, 5) is 0. The fourth-order valence-corrected chi connectivity index (χ4v) is 3.00. The summed E-state index contributed by atoms with van der Waals surface area (Å²) in [6.45, 7) is 4.63. The van der Waals surface area contributed by atoms with Crippen molar-refractivity contribution in [2.45, 2.75) is 26.3 Å². The van der Waals surface area contributed by atoms with Crippen LogP contribution in [0.5, 0.6) is 5.75 Å². The zero-order valence-electron chi connectivity index (χ0n) is 10.5. The van der Waals surface area contributed by atoms with Crippen LogP contribution in [0.15, 0.2) is 21.1 Å². The Morgan fingerprint density at radius 1 is 1.28 bits per heavy atom. The maximum absolute atomic E-state index is 8.70. The maximum Gasteiger partial charge on any atom is 0.147 e. The van der Waals surface area contributed by atoms with Gasteiger partial charge in [-0.25, -0.2) is 0 Å². The van der Waals surface area contributed by atoms with Crippen LogP contribution in [0.25, 0.3) is 0 Å². The second-order valence-corrected chi connectivity index (χ2v) is 5.70. The van der Waals surface area contributed by atoms with Gasteiger partial charge in [0.2, 0.25) is 0 Å². The first-order chi connectivity index (χ1) is 8.69. The number of ether oxygens (including phenoxy) is 1. The number of nitrogens with one attached hydrogen (secondary N) is 1. The molecule has 0 saturated carbocycles. The lowest BCUT2D eigenvalue weighted by Crippen LogP contribution is -2.15. The van der Waals surface area contributed by atoms with E-state index in [1.54, 1.807) is 0 Å². The molecule has 0 unspecified atom stereocenters. The van der Waals surface area contributed by atoms with Crippen LogP contribution in [0.1, 0.15) is 25.3 Å². The molecular weight excluding hydrogens is 362 g/mol. The second-order valence-electron chi connectivity index (χ2n) is 3.99. The molecule has 0 aliphatic carbocycles. The number of hydrogen-bond acceptors (Lipinski definition) is 3. The summed E-state index contributed by atoms with van der Waals surface area (Å²) in [7, 11) is 0. The minimum atomic E-state index is 0.226. The highest BCUT2D eigenvalue weighted by atomic mass is 79.9. The van der Waals surface area contributed by atoms with Gasteiger partial charge < -0.3 is 15.2 Å². The van der Waals surface area contributed by atoms with Crippen LogP contribution < -0.4 is 10.1 Å². The Balaban J connectivity index is 2.61. The van der Waals surface area contributed by atoms with Gasteiger partial charge in [0.25, 0.3) is 0 Å². The van der Waals surface area contributed by atoms with Crippen molar-refractivity contribution in [1.82, 2.24) is 5.32 Å². The molecule has 1 rings (SSSR count). The zero-order valence-corrected chi connectivity index (χ0v) is 13.7. The van der Waals surface area contributed by atoms with Gasteiger partial charge in [0.15, 0.2) is 0 Å². The molecule has 0 radical (unpaired) electrons. The van der Waals surface area contributed by atoms with Crippen molar-refractivity contribution in [1.29, 1.82) is 0 Å². The lowest BCUT2D eigenvalue weighted by Gasteiger charge is -2.12. The molecule has 0 saturated heterocycles. The number of halogens is 2. The number of hydrogen-bond donors (Lipinski definition) is 2. The van der Waals surface area contributed by atoms with Gasteiger partial charge in [0.05, 0.1) is 15.6 Å². The molecule has 0 bridgehead atoms. The molecule has 0 amide bonds. The van der Waals surface area contributed by atoms with Crippen molar-refractivity contribution in [2.24, 2.45) is 0 Å². The highest BCUT2D eigenvalue weighted by Gasteiger charge is 2.08. The second kappa shape index (κ2) is 8.91. The summed E-state index contributed by atoms with van der Waals surface area (Å²) in [5.74, 6) is 0.857. The van der Waals surface area contributed by atoms with Gasteiger partial charge in [-0.05, 0) is 68.9 Å². The van der Waals surface area contributed by atoms with E-state index in [0.29, 0.717) is 6.61 Å². The molecule has 3 nitrogen and oxygen atoms in total. The summed E-state index contributed by atoms with van der Waals surface area (Å²) in [5, 5.41) is 12.0. The molecular formula is C13H19Br2NO2. The van der Waals surface area contributed by atoms with Gasteiger partial charge in [-0.3, -0.25) is 0 Å². The Labute approximate surface area is 125 Å². The van der Waals surface area contributed by atoms with Crippen LogP contribution >= 0.6 is 31.9 Å². The van der Waals surface area contributed by atoms with E-state index in [-0.39, 0.29) is 6.61 Å². The third kappa shape index (κ3) is 5.26. The maximum atomic E-state index is 8.70. The first-order valence-electron chi connectivity index (χ1n) is 6.11. The summed E-state index contributed by atoms with van der Waals surface area (Å²) in [6, 6.07) is 4.11. The molecule has 0 atom stereocenters. The standard InChI is InChI=1S/C13H19Br2NO2/c1-2-6-18-13-11(14)7-10(8-12(13)15)9-16-4-3-5-17/h7-8,16-17H,2-6,9H2,1H3.